The van der Waals surface area contributed by atoms with E-state index in [0.29, 0.717) is 5.88 Å². The van der Waals surface area contributed by atoms with Gasteiger partial charge in [0.2, 0.25) is 0 Å². The molecule has 0 N–H and O–H groups in total. The molecule has 17 heavy (non-hydrogen) atoms. The molecule has 3 rings (SSSR count). The number of aliphatic imine (C=N–C) groups is 1. The summed E-state index contributed by atoms with van der Waals surface area (Å²) in [5, 5.41) is 0. The van der Waals surface area contributed by atoms with E-state index in [-0.39, 0.29) is 5.54 Å². The Bertz CT molecular complexity index is 444. The summed E-state index contributed by atoms with van der Waals surface area (Å²) in [6, 6.07) is 8.62. The summed E-state index contributed by atoms with van der Waals surface area (Å²) < 4.78 is 0. The van der Waals surface area contributed by atoms with E-state index in [0.717, 1.165) is 12.1 Å². The second kappa shape index (κ2) is 4.45. The molecule has 0 atom stereocenters. The lowest BCUT2D eigenvalue weighted by molar-refractivity contribution is 0.294. The molecule has 1 aromatic carbocycles. The molecule has 1 saturated carbocycles. The van der Waals surface area contributed by atoms with Gasteiger partial charge in [0.15, 0.2) is 0 Å². The van der Waals surface area contributed by atoms with Gasteiger partial charge in [0.1, 0.15) is 0 Å². The van der Waals surface area contributed by atoms with E-state index in [1.54, 1.807) is 0 Å². The molecular formula is C15H18ClN. The standard InChI is InChI=1S/C15H18ClN/c16-11-14-13-7-3-2-6-12(13)10-15(17-14)8-4-1-5-9-15/h2-3,6-7H,1,4-5,8-11H2. The van der Waals surface area contributed by atoms with Crippen LogP contribution in [-0.2, 0) is 6.42 Å². The van der Waals surface area contributed by atoms with Crippen molar-refractivity contribution in [3.8, 4) is 0 Å². The van der Waals surface area contributed by atoms with E-state index in [4.69, 9.17) is 16.6 Å². The van der Waals surface area contributed by atoms with Crippen molar-refractivity contribution in [1.82, 2.24) is 0 Å². The van der Waals surface area contributed by atoms with Crippen LogP contribution in [0.25, 0.3) is 0 Å². The summed E-state index contributed by atoms with van der Waals surface area (Å²) in [4.78, 5) is 5.02. The molecule has 0 unspecified atom stereocenters. The topological polar surface area (TPSA) is 12.4 Å². The highest BCUT2D eigenvalue weighted by molar-refractivity contribution is 6.32. The van der Waals surface area contributed by atoms with Crippen molar-refractivity contribution in [2.75, 3.05) is 5.88 Å². The fourth-order valence-electron chi connectivity index (χ4n) is 3.30. The number of rotatable bonds is 1. The first-order valence-electron chi connectivity index (χ1n) is 6.56. The molecule has 0 saturated heterocycles. The maximum Gasteiger partial charge on any atom is 0.0652 e. The Morgan fingerprint density at radius 2 is 1.88 bits per heavy atom. The Balaban J connectivity index is 2.03. The summed E-state index contributed by atoms with van der Waals surface area (Å²) in [6.45, 7) is 0. The summed E-state index contributed by atoms with van der Waals surface area (Å²) in [6.07, 6.45) is 7.60. The lowest BCUT2D eigenvalue weighted by Crippen LogP contribution is -2.37. The van der Waals surface area contributed by atoms with Gasteiger partial charge in [-0.15, -0.1) is 11.6 Å². The highest BCUT2D eigenvalue weighted by Gasteiger charge is 2.35. The summed E-state index contributed by atoms with van der Waals surface area (Å²) in [5.74, 6) is 0.540. The van der Waals surface area contributed by atoms with Crippen LogP contribution in [0.3, 0.4) is 0 Å². The third-order valence-electron chi connectivity index (χ3n) is 4.13. The van der Waals surface area contributed by atoms with Gasteiger partial charge in [0.25, 0.3) is 0 Å². The van der Waals surface area contributed by atoms with Gasteiger partial charge in [-0.3, -0.25) is 4.99 Å². The van der Waals surface area contributed by atoms with Crippen molar-refractivity contribution < 1.29 is 0 Å². The van der Waals surface area contributed by atoms with Crippen LogP contribution in [0.15, 0.2) is 29.3 Å². The van der Waals surface area contributed by atoms with Crippen LogP contribution >= 0.6 is 11.6 Å². The SMILES string of the molecule is ClCC1=NC2(CCCCC2)Cc2ccccc21. The van der Waals surface area contributed by atoms with E-state index in [2.05, 4.69) is 24.3 Å². The van der Waals surface area contributed by atoms with Crippen molar-refractivity contribution in [2.24, 2.45) is 4.99 Å². The van der Waals surface area contributed by atoms with Gasteiger partial charge in [-0.2, -0.15) is 0 Å². The Morgan fingerprint density at radius 3 is 2.65 bits per heavy atom. The zero-order valence-corrected chi connectivity index (χ0v) is 10.8. The Hall–Kier alpha value is -0.820. The molecule has 1 aliphatic carbocycles. The van der Waals surface area contributed by atoms with Crippen LogP contribution in [-0.4, -0.2) is 17.1 Å². The first kappa shape index (κ1) is 11.3. The van der Waals surface area contributed by atoms with E-state index in [9.17, 15) is 0 Å². The molecule has 90 valence electrons. The second-order valence-electron chi connectivity index (χ2n) is 5.31. The summed E-state index contributed by atoms with van der Waals surface area (Å²) in [7, 11) is 0. The van der Waals surface area contributed by atoms with Crippen molar-refractivity contribution >= 4 is 17.3 Å². The molecule has 1 spiro atoms. The lowest BCUT2D eigenvalue weighted by Gasteiger charge is -2.38. The highest BCUT2D eigenvalue weighted by Crippen LogP contribution is 2.38. The maximum absolute atomic E-state index is 6.08. The van der Waals surface area contributed by atoms with Gasteiger partial charge >= 0.3 is 0 Å². The molecule has 0 aromatic heterocycles. The normalized spacial score (nSPS) is 22.1. The molecule has 0 radical (unpaired) electrons. The zero-order chi connectivity index (χ0) is 11.7. The van der Waals surface area contributed by atoms with E-state index in [1.807, 2.05) is 0 Å². The van der Waals surface area contributed by atoms with Gasteiger partial charge in [-0.05, 0) is 24.8 Å². The first-order chi connectivity index (χ1) is 8.33. The molecule has 1 nitrogen and oxygen atoms in total. The van der Waals surface area contributed by atoms with E-state index in [1.165, 1.54) is 43.2 Å². The molecule has 1 aromatic rings. The minimum Gasteiger partial charge on any atom is -0.281 e. The minimum atomic E-state index is 0.177. The van der Waals surface area contributed by atoms with E-state index < -0.39 is 0 Å². The second-order valence-corrected chi connectivity index (χ2v) is 5.58. The quantitative estimate of drug-likeness (QED) is 0.666. The number of hydrogen-bond acceptors (Lipinski definition) is 1. The van der Waals surface area contributed by atoms with Crippen molar-refractivity contribution in [2.45, 2.75) is 44.1 Å². The van der Waals surface area contributed by atoms with Crippen LogP contribution in [0.5, 0.6) is 0 Å². The molecular weight excluding hydrogens is 230 g/mol. The largest absolute Gasteiger partial charge is 0.281 e. The number of halogens is 1. The Morgan fingerprint density at radius 1 is 1.12 bits per heavy atom. The number of fused-ring (bicyclic) bond motifs is 1. The van der Waals surface area contributed by atoms with Gasteiger partial charge < -0.3 is 0 Å². The van der Waals surface area contributed by atoms with Gasteiger partial charge in [0.05, 0.1) is 17.1 Å². The third-order valence-corrected chi connectivity index (χ3v) is 4.38. The number of alkyl halides is 1. The average Bonchev–Trinajstić information content (AvgIpc) is 2.38. The molecule has 2 heteroatoms. The van der Waals surface area contributed by atoms with Crippen LogP contribution in [0, 0.1) is 0 Å². The van der Waals surface area contributed by atoms with Crippen molar-refractivity contribution in [1.29, 1.82) is 0 Å². The summed E-state index contributed by atoms with van der Waals surface area (Å²) in [5.41, 5.74) is 4.01. The van der Waals surface area contributed by atoms with Gasteiger partial charge in [0, 0.05) is 5.56 Å². The lowest BCUT2D eigenvalue weighted by atomic mass is 9.75. The number of benzene rings is 1. The Kier molecular flexibility index (Phi) is 2.96. The Labute approximate surface area is 108 Å². The number of nitrogens with zero attached hydrogens (tertiary/aromatic N) is 1. The molecule has 0 bridgehead atoms. The smallest absolute Gasteiger partial charge is 0.0652 e. The molecule has 0 amide bonds. The predicted octanol–water partition coefficient (Wildman–Crippen LogP) is 3.97. The monoisotopic (exact) mass is 247 g/mol. The van der Waals surface area contributed by atoms with Crippen LogP contribution in [0.1, 0.15) is 43.2 Å². The van der Waals surface area contributed by atoms with Crippen LogP contribution in [0.2, 0.25) is 0 Å². The molecule has 1 aliphatic heterocycles. The molecule has 1 fully saturated rings. The van der Waals surface area contributed by atoms with Gasteiger partial charge in [-0.1, -0.05) is 43.5 Å². The van der Waals surface area contributed by atoms with Crippen molar-refractivity contribution in [3.63, 3.8) is 0 Å². The zero-order valence-electron chi connectivity index (χ0n) is 10.1. The average molecular weight is 248 g/mol. The third kappa shape index (κ3) is 2.01. The number of hydrogen-bond donors (Lipinski definition) is 0. The minimum absolute atomic E-state index is 0.177. The van der Waals surface area contributed by atoms with E-state index >= 15 is 0 Å². The first-order valence-corrected chi connectivity index (χ1v) is 7.09. The highest BCUT2D eigenvalue weighted by atomic mass is 35.5. The molecule has 2 aliphatic rings. The molecule has 1 heterocycles. The van der Waals surface area contributed by atoms with Crippen molar-refractivity contribution in [3.05, 3.63) is 35.4 Å². The van der Waals surface area contributed by atoms with Gasteiger partial charge in [-0.25, -0.2) is 0 Å². The predicted molar refractivity (Wildman–Crippen MR) is 73.2 cm³/mol. The maximum atomic E-state index is 6.08. The summed E-state index contributed by atoms with van der Waals surface area (Å²) >= 11 is 6.08. The van der Waals surface area contributed by atoms with Crippen LogP contribution in [0.4, 0.5) is 0 Å². The fraction of sp³-hybridized carbons (Fsp3) is 0.533. The van der Waals surface area contributed by atoms with Crippen LogP contribution < -0.4 is 0 Å². The fourth-order valence-corrected chi connectivity index (χ4v) is 3.50.